The van der Waals surface area contributed by atoms with Crippen molar-refractivity contribution in [3.8, 4) is 0 Å². The predicted molar refractivity (Wildman–Crippen MR) is 66.0 cm³/mol. The number of hydrogen-bond acceptors (Lipinski definition) is 4. The zero-order valence-electron chi connectivity index (χ0n) is 11.6. The van der Waals surface area contributed by atoms with E-state index in [-0.39, 0.29) is 23.8 Å². The predicted octanol–water partition coefficient (Wildman–Crippen LogP) is 0.952. The third kappa shape index (κ3) is 0.626. The Morgan fingerprint density at radius 3 is 1.65 bits per heavy atom. The van der Waals surface area contributed by atoms with Gasteiger partial charge in [-0.2, -0.15) is 0 Å². The molecule has 0 radical (unpaired) electrons. The highest BCUT2D eigenvalue weighted by Crippen LogP contribution is 2.94. The molecular formula is C16H18O4. The minimum absolute atomic E-state index is 0.237. The molecule has 7 rings (SSSR count). The van der Waals surface area contributed by atoms with Gasteiger partial charge < -0.3 is 9.47 Å². The quantitative estimate of drug-likeness (QED) is 0.556. The summed E-state index contributed by atoms with van der Waals surface area (Å²) in [7, 11) is 2.84. The first-order valence-corrected chi connectivity index (χ1v) is 7.86. The third-order valence-electron chi connectivity index (χ3n) is 8.50. The monoisotopic (exact) mass is 274 g/mol. The standard InChI is InChI=1S/C16H18O4/c1-19-14(17)16(15(18)20-2)12-8-4-3-5-7-6(4)10(12)11(7)13(16)9(5)8/h4-13H,3H2,1-2H3/t4-,5+,6-,7+,8-,9-,10+,11+,12+,13-/m1/s1. The molecule has 4 nitrogen and oxygen atoms in total. The maximum Gasteiger partial charge on any atom is 0.323 e. The van der Waals surface area contributed by atoms with E-state index in [1.165, 1.54) is 20.6 Å². The Labute approximate surface area is 117 Å². The van der Waals surface area contributed by atoms with E-state index >= 15 is 0 Å². The minimum atomic E-state index is -0.939. The lowest BCUT2D eigenvalue weighted by molar-refractivity contribution is -0.174. The molecular weight excluding hydrogens is 256 g/mol. The highest BCUT2D eigenvalue weighted by molar-refractivity contribution is 6.02. The second-order valence-corrected chi connectivity index (χ2v) is 7.93. The van der Waals surface area contributed by atoms with Gasteiger partial charge in [0.2, 0.25) is 0 Å². The van der Waals surface area contributed by atoms with Crippen LogP contribution in [0.3, 0.4) is 0 Å². The van der Waals surface area contributed by atoms with Gasteiger partial charge in [-0.25, -0.2) is 0 Å². The second kappa shape index (κ2) is 2.67. The maximum absolute atomic E-state index is 12.6. The van der Waals surface area contributed by atoms with Crippen LogP contribution < -0.4 is 0 Å². The zero-order valence-corrected chi connectivity index (χ0v) is 11.6. The van der Waals surface area contributed by atoms with Gasteiger partial charge in [-0.1, -0.05) is 0 Å². The van der Waals surface area contributed by atoms with Gasteiger partial charge in [0.15, 0.2) is 5.41 Å². The van der Waals surface area contributed by atoms with Crippen molar-refractivity contribution in [2.75, 3.05) is 14.2 Å². The molecule has 0 unspecified atom stereocenters. The summed E-state index contributed by atoms with van der Waals surface area (Å²) in [5.41, 5.74) is -0.939. The molecule has 7 aliphatic rings. The van der Waals surface area contributed by atoms with Crippen LogP contribution in [-0.4, -0.2) is 26.2 Å². The third-order valence-corrected chi connectivity index (χ3v) is 8.50. The average Bonchev–Trinajstić information content (AvgIpc) is 3.08. The highest BCUT2D eigenvalue weighted by Gasteiger charge is 2.95. The van der Waals surface area contributed by atoms with E-state index < -0.39 is 5.41 Å². The molecule has 4 heteroatoms. The molecule has 4 bridgehead atoms. The normalized spacial score (nSPS) is 63.1. The Morgan fingerprint density at radius 1 is 0.800 bits per heavy atom. The van der Waals surface area contributed by atoms with Crippen molar-refractivity contribution in [1.82, 2.24) is 0 Å². The first-order valence-electron chi connectivity index (χ1n) is 7.86. The van der Waals surface area contributed by atoms with E-state index in [1.54, 1.807) is 0 Å². The Bertz CT molecular complexity index is 529. The fraction of sp³-hybridized carbons (Fsp3) is 0.875. The van der Waals surface area contributed by atoms with Crippen LogP contribution in [0.4, 0.5) is 0 Å². The SMILES string of the molecule is COC(=O)C1(C(=O)OC)[C@@H]2[C@H]3[C@@H]4[C@H]5C[C@H]6[C@@H]4[C@@H]3[C@H]1[C@H]6[C@@H]52. The lowest BCUT2D eigenvalue weighted by Crippen LogP contribution is -2.46. The Balaban J connectivity index is 1.62. The zero-order chi connectivity index (χ0) is 13.5. The van der Waals surface area contributed by atoms with Crippen molar-refractivity contribution in [3.63, 3.8) is 0 Å². The number of rotatable bonds is 2. The lowest BCUT2D eigenvalue weighted by atomic mass is 9.60. The molecule has 7 aliphatic carbocycles. The highest BCUT2D eigenvalue weighted by atomic mass is 16.5. The van der Waals surface area contributed by atoms with E-state index in [4.69, 9.17) is 9.47 Å². The van der Waals surface area contributed by atoms with Gasteiger partial charge in [0, 0.05) is 0 Å². The fourth-order valence-electron chi connectivity index (χ4n) is 8.93. The van der Waals surface area contributed by atoms with Crippen molar-refractivity contribution in [2.24, 2.45) is 64.6 Å². The van der Waals surface area contributed by atoms with E-state index in [9.17, 15) is 9.59 Å². The van der Waals surface area contributed by atoms with E-state index in [0.29, 0.717) is 23.7 Å². The van der Waals surface area contributed by atoms with Gasteiger partial charge in [0.25, 0.3) is 0 Å². The van der Waals surface area contributed by atoms with Crippen LogP contribution >= 0.6 is 0 Å². The molecule has 106 valence electrons. The number of methoxy groups -OCH3 is 2. The Kier molecular flexibility index (Phi) is 1.42. The van der Waals surface area contributed by atoms with Crippen LogP contribution in [0.1, 0.15) is 6.42 Å². The number of ether oxygens (including phenoxy) is 2. The summed E-state index contributed by atoms with van der Waals surface area (Å²) in [6.45, 7) is 0. The summed E-state index contributed by atoms with van der Waals surface area (Å²) in [5, 5.41) is 0. The van der Waals surface area contributed by atoms with E-state index in [1.807, 2.05) is 0 Å². The van der Waals surface area contributed by atoms with E-state index in [2.05, 4.69) is 0 Å². The van der Waals surface area contributed by atoms with Crippen molar-refractivity contribution >= 4 is 11.9 Å². The summed E-state index contributed by atoms with van der Waals surface area (Å²) in [4.78, 5) is 25.3. The Morgan fingerprint density at radius 2 is 1.25 bits per heavy atom. The van der Waals surface area contributed by atoms with Crippen LogP contribution in [0.2, 0.25) is 0 Å². The molecule has 0 spiro atoms. The fourth-order valence-corrected chi connectivity index (χ4v) is 8.93. The lowest BCUT2D eigenvalue weighted by Gasteiger charge is -2.44. The minimum Gasteiger partial charge on any atom is -0.468 e. The van der Waals surface area contributed by atoms with Gasteiger partial charge >= 0.3 is 11.9 Å². The molecule has 0 N–H and O–H groups in total. The number of hydrogen-bond donors (Lipinski definition) is 0. The molecule has 0 saturated heterocycles. The largest absolute Gasteiger partial charge is 0.468 e. The summed E-state index contributed by atoms with van der Waals surface area (Å²) >= 11 is 0. The van der Waals surface area contributed by atoms with Crippen LogP contribution in [0, 0.1) is 64.6 Å². The van der Waals surface area contributed by atoms with Gasteiger partial charge in [-0.15, -0.1) is 0 Å². The molecule has 0 heterocycles. The summed E-state index contributed by atoms with van der Waals surface area (Å²) < 4.78 is 10.2. The van der Waals surface area contributed by atoms with Crippen LogP contribution in [0.5, 0.6) is 0 Å². The van der Waals surface area contributed by atoms with Crippen LogP contribution in [-0.2, 0) is 19.1 Å². The molecule has 0 aliphatic heterocycles. The van der Waals surface area contributed by atoms with Gasteiger partial charge in [-0.05, 0) is 65.6 Å². The van der Waals surface area contributed by atoms with Crippen molar-refractivity contribution in [2.45, 2.75) is 6.42 Å². The smallest absolute Gasteiger partial charge is 0.323 e. The summed E-state index contributed by atoms with van der Waals surface area (Å²) in [6, 6.07) is 0. The first-order chi connectivity index (χ1) is 9.69. The average molecular weight is 274 g/mol. The molecule has 0 aromatic carbocycles. The van der Waals surface area contributed by atoms with Crippen molar-refractivity contribution < 1.29 is 19.1 Å². The first kappa shape index (κ1) is 10.6. The topological polar surface area (TPSA) is 52.6 Å². The molecule has 0 aromatic heterocycles. The number of esters is 2. The molecule has 20 heavy (non-hydrogen) atoms. The van der Waals surface area contributed by atoms with Crippen molar-refractivity contribution in [1.29, 1.82) is 0 Å². The van der Waals surface area contributed by atoms with Gasteiger partial charge in [0.1, 0.15) is 0 Å². The molecule has 7 fully saturated rings. The number of carbonyl (C=O) groups is 2. The summed E-state index contributed by atoms with van der Waals surface area (Å²) in [6.07, 6.45) is 1.38. The molecule has 0 aromatic rings. The number of carbonyl (C=O) groups excluding carboxylic acids is 2. The van der Waals surface area contributed by atoms with Crippen LogP contribution in [0.15, 0.2) is 0 Å². The van der Waals surface area contributed by atoms with E-state index in [0.717, 1.165) is 23.7 Å². The van der Waals surface area contributed by atoms with Gasteiger partial charge in [0.05, 0.1) is 14.2 Å². The van der Waals surface area contributed by atoms with Gasteiger partial charge in [-0.3, -0.25) is 9.59 Å². The van der Waals surface area contributed by atoms with Crippen molar-refractivity contribution in [3.05, 3.63) is 0 Å². The maximum atomic E-state index is 12.6. The molecule has 10 atom stereocenters. The Hall–Kier alpha value is -1.06. The summed E-state index contributed by atoms with van der Waals surface area (Å²) in [5.74, 6) is 5.64. The second-order valence-electron chi connectivity index (χ2n) is 7.93. The van der Waals surface area contributed by atoms with Crippen LogP contribution in [0.25, 0.3) is 0 Å². The molecule has 0 amide bonds. The molecule has 7 saturated carbocycles.